The molecule has 0 bridgehead atoms. The second kappa shape index (κ2) is 14.6. The third-order valence-electron chi connectivity index (χ3n) is 9.37. The largest absolute Gasteiger partial charge is 0.509 e. The van der Waals surface area contributed by atoms with E-state index < -0.39 is 52.3 Å². The average Bonchev–Trinajstić information content (AvgIpc) is 3.50. The molecular formula is C35H34ClF6N5O5. The van der Waals surface area contributed by atoms with Gasteiger partial charge in [-0.3, -0.25) is 24.5 Å². The van der Waals surface area contributed by atoms with E-state index in [9.17, 15) is 41.0 Å². The van der Waals surface area contributed by atoms with Crippen molar-refractivity contribution in [2.45, 2.75) is 44.2 Å². The number of carbonyl (C=O) groups is 2. The number of pyridine rings is 1. The number of benzene rings is 2. The number of nitrogens with one attached hydrogen (secondary N) is 1. The number of anilines is 1. The predicted octanol–water partition coefficient (Wildman–Crippen LogP) is 6.71. The van der Waals surface area contributed by atoms with Crippen LogP contribution in [0.1, 0.15) is 36.6 Å². The van der Waals surface area contributed by atoms with Gasteiger partial charge in [0.25, 0.3) is 11.8 Å². The zero-order valence-corrected chi connectivity index (χ0v) is 28.5. The summed E-state index contributed by atoms with van der Waals surface area (Å²) in [6.07, 6.45) is -7.94. The molecule has 278 valence electrons. The minimum Gasteiger partial charge on any atom is -0.509 e. The van der Waals surface area contributed by atoms with Gasteiger partial charge in [-0.05, 0) is 61.7 Å². The molecule has 1 aromatic heterocycles. The van der Waals surface area contributed by atoms with E-state index in [1.54, 1.807) is 30.1 Å². The van der Waals surface area contributed by atoms with Gasteiger partial charge in [-0.15, -0.1) is 0 Å². The van der Waals surface area contributed by atoms with Gasteiger partial charge < -0.3 is 19.9 Å². The number of hydrogen-bond donors (Lipinski definition) is 2. The topological polar surface area (TPSA) is 107 Å². The Morgan fingerprint density at radius 3 is 2.44 bits per heavy atom. The Labute approximate surface area is 299 Å². The Bertz CT molecular complexity index is 1870. The van der Waals surface area contributed by atoms with Crippen molar-refractivity contribution < 1.29 is 50.5 Å². The van der Waals surface area contributed by atoms with Gasteiger partial charge in [0.2, 0.25) is 0 Å². The van der Waals surface area contributed by atoms with Gasteiger partial charge >= 0.3 is 12.4 Å². The highest BCUT2D eigenvalue weighted by Crippen LogP contribution is 2.43. The fourth-order valence-electron chi connectivity index (χ4n) is 6.56. The Balaban J connectivity index is 1.25. The predicted molar refractivity (Wildman–Crippen MR) is 177 cm³/mol. The first-order chi connectivity index (χ1) is 24.6. The number of hydrazine groups is 1. The van der Waals surface area contributed by atoms with Crippen molar-refractivity contribution >= 4 is 29.1 Å². The molecule has 10 nitrogen and oxygen atoms in total. The molecule has 6 rings (SSSR count). The minimum atomic E-state index is -4.83. The fourth-order valence-corrected chi connectivity index (χ4v) is 6.82. The molecule has 3 aromatic rings. The molecule has 3 aliphatic heterocycles. The maximum absolute atomic E-state index is 14.0. The quantitative estimate of drug-likeness (QED) is 0.184. The second-order valence-electron chi connectivity index (χ2n) is 12.8. The molecule has 2 fully saturated rings. The van der Waals surface area contributed by atoms with Crippen molar-refractivity contribution in [1.29, 1.82) is 0 Å². The van der Waals surface area contributed by atoms with Crippen LogP contribution in [0.3, 0.4) is 0 Å². The van der Waals surface area contributed by atoms with Gasteiger partial charge in [0, 0.05) is 49.2 Å². The van der Waals surface area contributed by atoms with Crippen molar-refractivity contribution in [1.82, 2.24) is 19.9 Å². The van der Waals surface area contributed by atoms with Gasteiger partial charge in [0.05, 0.1) is 35.9 Å². The first-order valence-electron chi connectivity index (χ1n) is 16.4. The molecule has 2 amide bonds. The average molecular weight is 754 g/mol. The summed E-state index contributed by atoms with van der Waals surface area (Å²) in [6, 6.07) is 8.82. The summed E-state index contributed by atoms with van der Waals surface area (Å²) in [6.45, 7) is 6.01. The third kappa shape index (κ3) is 7.70. The standard InChI is InChI=1S/C35H34ClF6N5O5/c1-33-9-2-10-47(33)46(20-21-3-7-27(25(36)17-21)52-16-13-45-11-14-51-15-12-45)32(50)29(30(33)48)31(49)44-26-6-5-23(34(37,38)39)18-24(26)22-4-8-28(43-19-22)35(40,41)42/h3-8,17-19,48H,2,9-16,20H2,1H3,(H,44,49). The Hall–Kier alpha value is -4.38. The van der Waals surface area contributed by atoms with Crippen LogP contribution in [-0.4, -0.2) is 88.4 Å². The van der Waals surface area contributed by atoms with E-state index >= 15 is 0 Å². The first kappa shape index (κ1) is 37.4. The molecule has 0 saturated carbocycles. The number of fused-ring (bicyclic) bond motifs is 1. The molecule has 17 heteroatoms. The number of halogens is 7. The van der Waals surface area contributed by atoms with Crippen LogP contribution in [0.4, 0.5) is 32.0 Å². The second-order valence-corrected chi connectivity index (χ2v) is 13.2. The number of hydrogen-bond acceptors (Lipinski definition) is 8. The van der Waals surface area contributed by atoms with E-state index in [0.717, 1.165) is 31.4 Å². The number of aromatic nitrogens is 1. The molecule has 0 aliphatic carbocycles. The van der Waals surface area contributed by atoms with E-state index in [-0.39, 0.29) is 23.4 Å². The lowest BCUT2D eigenvalue weighted by atomic mass is 9.90. The highest BCUT2D eigenvalue weighted by molar-refractivity contribution is 6.32. The van der Waals surface area contributed by atoms with Gasteiger partial charge in [0.1, 0.15) is 29.4 Å². The zero-order valence-electron chi connectivity index (χ0n) is 27.8. The molecule has 2 saturated heterocycles. The lowest BCUT2D eigenvalue weighted by Gasteiger charge is -2.46. The molecule has 1 atom stereocenters. The van der Waals surface area contributed by atoms with Crippen molar-refractivity contribution in [3.05, 3.63) is 87.9 Å². The zero-order chi connectivity index (χ0) is 37.4. The summed E-state index contributed by atoms with van der Waals surface area (Å²) in [4.78, 5) is 33.4. The monoisotopic (exact) mass is 753 g/mol. The smallest absolute Gasteiger partial charge is 0.433 e. The van der Waals surface area contributed by atoms with Crippen LogP contribution in [0.2, 0.25) is 5.02 Å². The van der Waals surface area contributed by atoms with Crippen molar-refractivity contribution in [3.63, 3.8) is 0 Å². The van der Waals surface area contributed by atoms with Crippen molar-refractivity contribution in [2.75, 3.05) is 51.3 Å². The Morgan fingerprint density at radius 1 is 1.04 bits per heavy atom. The summed E-state index contributed by atoms with van der Waals surface area (Å²) in [7, 11) is 0. The van der Waals surface area contributed by atoms with Gasteiger partial charge in [0.15, 0.2) is 0 Å². The molecule has 52 heavy (non-hydrogen) atoms. The van der Waals surface area contributed by atoms with Crippen LogP contribution in [0.5, 0.6) is 5.75 Å². The van der Waals surface area contributed by atoms with Gasteiger partial charge in [-0.25, -0.2) is 5.01 Å². The molecule has 0 radical (unpaired) electrons. The number of morpholine rings is 1. The number of nitrogens with zero attached hydrogens (tertiary/aromatic N) is 4. The van der Waals surface area contributed by atoms with Crippen LogP contribution in [0.25, 0.3) is 11.1 Å². The number of ether oxygens (including phenoxy) is 2. The highest BCUT2D eigenvalue weighted by atomic mass is 35.5. The van der Waals surface area contributed by atoms with Crippen molar-refractivity contribution in [3.8, 4) is 16.9 Å². The maximum Gasteiger partial charge on any atom is 0.433 e. The highest BCUT2D eigenvalue weighted by Gasteiger charge is 2.52. The molecular weight excluding hydrogens is 720 g/mol. The van der Waals surface area contributed by atoms with Crippen LogP contribution in [0.15, 0.2) is 66.1 Å². The van der Waals surface area contributed by atoms with Crippen molar-refractivity contribution in [2.24, 2.45) is 0 Å². The summed E-state index contributed by atoms with van der Waals surface area (Å²) < 4.78 is 91.8. The fraction of sp³-hybridized carbons (Fsp3) is 0.400. The van der Waals surface area contributed by atoms with E-state index in [2.05, 4.69) is 15.2 Å². The first-order valence-corrected chi connectivity index (χ1v) is 16.7. The normalized spacial score (nSPS) is 20.3. The number of aliphatic hydroxyl groups is 1. The number of alkyl halides is 6. The molecule has 1 unspecified atom stereocenters. The van der Waals surface area contributed by atoms with E-state index in [1.165, 1.54) is 5.01 Å². The molecule has 2 aromatic carbocycles. The Morgan fingerprint density at radius 2 is 1.79 bits per heavy atom. The minimum absolute atomic E-state index is 0.0466. The summed E-state index contributed by atoms with van der Waals surface area (Å²) >= 11 is 6.55. The lowest BCUT2D eigenvalue weighted by Crippen LogP contribution is -2.60. The molecule has 4 heterocycles. The molecule has 3 aliphatic rings. The Kier molecular flexibility index (Phi) is 10.5. The van der Waals surface area contributed by atoms with Crippen LogP contribution < -0.4 is 10.1 Å². The van der Waals surface area contributed by atoms with Crippen LogP contribution in [0, 0.1) is 0 Å². The van der Waals surface area contributed by atoms with E-state index in [4.69, 9.17) is 21.1 Å². The number of amides is 2. The summed E-state index contributed by atoms with van der Waals surface area (Å²) in [5.74, 6) is -2.07. The number of carbonyl (C=O) groups excluding carboxylic acids is 2. The number of aliphatic hydroxyl groups excluding tert-OH is 1. The van der Waals surface area contributed by atoms with Gasteiger partial charge in [-0.1, -0.05) is 23.7 Å². The lowest BCUT2D eigenvalue weighted by molar-refractivity contribution is -0.160. The van der Waals surface area contributed by atoms with E-state index in [1.807, 2.05) is 0 Å². The van der Waals surface area contributed by atoms with Gasteiger partial charge in [-0.2, -0.15) is 26.3 Å². The SMILES string of the molecule is CC12CCCN1N(Cc1ccc(OCCN3CCOCC3)c(Cl)c1)C(=O)C(C(=O)Nc1ccc(C(F)(F)F)cc1-c1ccc(C(F)(F)F)nc1)=C2O. The maximum atomic E-state index is 14.0. The third-order valence-corrected chi connectivity index (χ3v) is 9.67. The molecule has 0 spiro atoms. The number of rotatable bonds is 9. The summed E-state index contributed by atoms with van der Waals surface area (Å²) in [5.41, 5.74) is -4.34. The summed E-state index contributed by atoms with van der Waals surface area (Å²) in [5, 5.41) is 17.1. The molecule has 2 N–H and O–H groups in total. The van der Waals surface area contributed by atoms with E-state index in [0.29, 0.717) is 80.3 Å². The van der Waals surface area contributed by atoms with Crippen LogP contribution >= 0.6 is 11.6 Å². The van der Waals surface area contributed by atoms with Crippen LogP contribution in [-0.2, 0) is 33.2 Å².